The fourth-order valence-electron chi connectivity index (χ4n) is 0.917. The summed E-state index contributed by atoms with van der Waals surface area (Å²) in [4.78, 5) is 4.32. The summed E-state index contributed by atoms with van der Waals surface area (Å²) >= 11 is -0.170. The first-order chi connectivity index (χ1) is 5.77. The van der Waals surface area contributed by atoms with Crippen LogP contribution in [0.1, 0.15) is 31.4 Å². The van der Waals surface area contributed by atoms with Crippen LogP contribution in [0.2, 0.25) is 0 Å². The van der Waals surface area contributed by atoms with Crippen molar-refractivity contribution in [3.63, 3.8) is 0 Å². The van der Waals surface area contributed by atoms with Gasteiger partial charge in [-0.05, 0) is 10.2 Å². The number of rotatable bonds is 1. The Morgan fingerprint density at radius 1 is 1.50 bits per heavy atom. The van der Waals surface area contributed by atoms with E-state index in [2.05, 4.69) is 26.1 Å². The Morgan fingerprint density at radius 2 is 2.33 bits per heavy atom. The smallest absolute Gasteiger partial charge is 0.251 e. The molecule has 1 aliphatic heterocycles. The maximum absolute atomic E-state index is 5.47. The third-order valence-corrected chi connectivity index (χ3v) is 2.95. The van der Waals surface area contributed by atoms with Gasteiger partial charge in [-0.25, -0.2) is 4.98 Å². The molecule has 0 radical (unpaired) electrons. The molecular weight excluding hydrogens is 267 g/mol. The van der Waals surface area contributed by atoms with Crippen LogP contribution < -0.4 is 0 Å². The third-order valence-electron chi connectivity index (χ3n) is 1.55. The number of fused-ring (bicyclic) bond motifs is 1. The van der Waals surface area contributed by atoms with Crippen LogP contribution in [0.5, 0.6) is 0 Å². The number of halogens is 1. The van der Waals surface area contributed by atoms with Gasteiger partial charge in [-0.15, -0.1) is 0 Å². The highest BCUT2D eigenvalue weighted by atomic mass is 127. The molecule has 12 heavy (non-hydrogen) atoms. The second kappa shape index (κ2) is 3.08. The second-order valence-electron chi connectivity index (χ2n) is 2.87. The summed E-state index contributed by atoms with van der Waals surface area (Å²) < 4.78 is 11.8. The summed E-state index contributed by atoms with van der Waals surface area (Å²) in [5.41, 5.74) is 0.893. The van der Waals surface area contributed by atoms with Crippen LogP contribution in [-0.4, -0.2) is 4.98 Å². The summed E-state index contributed by atoms with van der Waals surface area (Å²) in [6, 6.07) is 0. The Morgan fingerprint density at radius 3 is 3.00 bits per heavy atom. The van der Waals surface area contributed by atoms with Crippen molar-refractivity contribution in [3.8, 4) is 0 Å². The topological polar surface area (TPSA) is 38.4 Å². The van der Waals surface area contributed by atoms with Gasteiger partial charge in [0.1, 0.15) is 5.69 Å². The first kappa shape index (κ1) is 8.10. The van der Waals surface area contributed by atoms with Gasteiger partial charge in [0.05, 0.1) is 0 Å². The van der Waals surface area contributed by atoms with Gasteiger partial charge in [0, 0.05) is 27.0 Å². The van der Waals surface area contributed by atoms with E-state index in [1.54, 1.807) is 0 Å². The zero-order chi connectivity index (χ0) is 8.55. The van der Waals surface area contributed by atoms with Crippen LogP contribution >= 0.6 is 21.0 Å². The molecule has 0 saturated carbocycles. The van der Waals surface area contributed by atoms with E-state index in [0.717, 1.165) is 17.5 Å². The van der Waals surface area contributed by atoms with Crippen molar-refractivity contribution in [2.45, 2.75) is 19.8 Å². The maximum Gasteiger partial charge on any atom is 0.251 e. The fraction of sp³-hybridized carbons (Fsp3) is 0.375. The molecule has 1 aromatic rings. The van der Waals surface area contributed by atoms with Crippen molar-refractivity contribution >= 4 is 33.0 Å². The Hall–Kier alpha value is -0.520. The predicted octanol–water partition coefficient (Wildman–Crippen LogP) is 3.57. The Labute approximate surface area is 81.0 Å². The number of nitrogens with zero attached hydrogens (tertiary/aromatic N) is 2. The number of hydrogen-bond acceptors (Lipinski definition) is 3. The SMILES string of the molecule is CC(C)c1nc2c(o1)N=IC=C2. The van der Waals surface area contributed by atoms with Crippen molar-refractivity contribution in [1.29, 1.82) is 0 Å². The standard InChI is InChI=1S/C8H9IN2O/c1-5(2)7-10-6-3-4-9-11-8(6)12-7/h3-5H,1-2H3. The lowest BCUT2D eigenvalue weighted by atomic mass is 10.2. The average Bonchev–Trinajstić information content (AvgIpc) is 2.46. The molecule has 1 aromatic heterocycles. The molecular formula is C8H9IN2O. The highest BCUT2D eigenvalue weighted by Gasteiger charge is 2.13. The molecule has 0 amide bonds. The van der Waals surface area contributed by atoms with Gasteiger partial charge in [0.25, 0.3) is 5.88 Å². The highest BCUT2D eigenvalue weighted by Crippen LogP contribution is 2.32. The third kappa shape index (κ3) is 1.35. The van der Waals surface area contributed by atoms with Gasteiger partial charge in [-0.1, -0.05) is 13.8 Å². The van der Waals surface area contributed by atoms with Gasteiger partial charge in [0.15, 0.2) is 5.89 Å². The van der Waals surface area contributed by atoms with E-state index < -0.39 is 0 Å². The van der Waals surface area contributed by atoms with E-state index in [1.807, 2.05) is 6.08 Å². The van der Waals surface area contributed by atoms with Crippen LogP contribution in [0, 0.1) is 0 Å². The van der Waals surface area contributed by atoms with Gasteiger partial charge in [-0.2, -0.15) is 3.15 Å². The van der Waals surface area contributed by atoms with Gasteiger partial charge in [0.2, 0.25) is 0 Å². The van der Waals surface area contributed by atoms with E-state index >= 15 is 0 Å². The predicted molar refractivity (Wildman–Crippen MR) is 55.7 cm³/mol. The lowest BCUT2D eigenvalue weighted by Crippen LogP contribution is -1.85. The number of hydrogen-bond donors (Lipinski definition) is 0. The monoisotopic (exact) mass is 276 g/mol. The van der Waals surface area contributed by atoms with Crippen LogP contribution in [0.15, 0.2) is 11.6 Å². The molecule has 0 unspecified atom stereocenters. The van der Waals surface area contributed by atoms with E-state index in [1.165, 1.54) is 0 Å². The molecule has 0 saturated heterocycles. The van der Waals surface area contributed by atoms with E-state index in [-0.39, 0.29) is 21.0 Å². The zero-order valence-corrected chi connectivity index (χ0v) is 9.07. The molecule has 0 N–H and O–H groups in total. The molecule has 0 spiro atoms. The molecule has 0 aromatic carbocycles. The quantitative estimate of drug-likeness (QED) is 0.735. The van der Waals surface area contributed by atoms with Gasteiger partial charge in [-0.3, -0.25) is 0 Å². The molecule has 4 heteroatoms. The zero-order valence-electron chi connectivity index (χ0n) is 6.91. The minimum absolute atomic E-state index is 0.170. The van der Waals surface area contributed by atoms with Crippen molar-refractivity contribution in [2.24, 2.45) is 3.15 Å². The average molecular weight is 276 g/mol. The first-order valence-electron chi connectivity index (χ1n) is 3.78. The summed E-state index contributed by atoms with van der Waals surface area (Å²) in [5, 5.41) is 0. The van der Waals surface area contributed by atoms with Crippen LogP contribution in [-0.2, 0) is 0 Å². The molecule has 2 heterocycles. The summed E-state index contributed by atoms with van der Waals surface area (Å²) in [6.45, 7) is 4.13. The Balaban J connectivity index is 2.47. The van der Waals surface area contributed by atoms with Crippen LogP contribution in [0.3, 0.4) is 0 Å². The summed E-state index contributed by atoms with van der Waals surface area (Å²) in [7, 11) is 0. The normalized spacial score (nSPS) is 14.6. The largest absolute Gasteiger partial charge is 0.422 e. The fourth-order valence-corrected chi connectivity index (χ4v) is 2.18. The second-order valence-corrected chi connectivity index (χ2v) is 4.63. The van der Waals surface area contributed by atoms with E-state index in [9.17, 15) is 0 Å². The summed E-state index contributed by atoms with van der Waals surface area (Å²) in [6.07, 6.45) is 2.00. The Kier molecular flexibility index (Phi) is 2.08. The van der Waals surface area contributed by atoms with E-state index in [4.69, 9.17) is 4.42 Å². The lowest BCUT2D eigenvalue weighted by Gasteiger charge is -1.93. The van der Waals surface area contributed by atoms with Crippen molar-refractivity contribution in [2.75, 3.05) is 0 Å². The molecule has 0 bridgehead atoms. The lowest BCUT2D eigenvalue weighted by molar-refractivity contribution is 0.480. The van der Waals surface area contributed by atoms with Gasteiger partial charge >= 0.3 is 0 Å². The molecule has 3 nitrogen and oxygen atoms in total. The van der Waals surface area contributed by atoms with E-state index in [0.29, 0.717) is 5.92 Å². The molecule has 64 valence electrons. The van der Waals surface area contributed by atoms with Gasteiger partial charge < -0.3 is 4.42 Å². The first-order valence-corrected chi connectivity index (χ1v) is 5.99. The molecule has 0 atom stereocenters. The van der Waals surface area contributed by atoms with Crippen molar-refractivity contribution < 1.29 is 4.42 Å². The molecule has 2 rings (SSSR count). The van der Waals surface area contributed by atoms with Crippen LogP contribution in [0.25, 0.3) is 6.08 Å². The minimum Gasteiger partial charge on any atom is -0.422 e. The van der Waals surface area contributed by atoms with Crippen molar-refractivity contribution in [1.82, 2.24) is 4.98 Å². The highest BCUT2D eigenvalue weighted by molar-refractivity contribution is 14.2. The summed E-state index contributed by atoms with van der Waals surface area (Å²) in [5.74, 6) is 1.87. The van der Waals surface area contributed by atoms with Crippen molar-refractivity contribution in [3.05, 3.63) is 15.7 Å². The molecule has 1 aliphatic rings. The minimum atomic E-state index is -0.170. The maximum atomic E-state index is 5.47. The Bertz CT molecular complexity index is 322. The van der Waals surface area contributed by atoms with Crippen LogP contribution in [0.4, 0.5) is 5.88 Å². The number of oxazole rings is 1. The molecule has 0 fully saturated rings. The number of aromatic nitrogens is 1. The molecule has 0 aliphatic carbocycles.